The van der Waals surface area contributed by atoms with Gasteiger partial charge in [-0.3, -0.25) is 4.90 Å². The highest BCUT2D eigenvalue weighted by atomic mass is 19.1. The largest absolute Gasteiger partial charge is 0.313 e. The SMILES string of the molecule is CCNCc1cccc(CN(C)Cc2cccc(F)c2)c1. The van der Waals surface area contributed by atoms with Crippen molar-refractivity contribution in [3.05, 3.63) is 71.0 Å². The van der Waals surface area contributed by atoms with E-state index >= 15 is 0 Å². The summed E-state index contributed by atoms with van der Waals surface area (Å²) in [5.74, 6) is -0.173. The Hall–Kier alpha value is -1.71. The van der Waals surface area contributed by atoms with Gasteiger partial charge >= 0.3 is 0 Å². The highest BCUT2D eigenvalue weighted by Crippen LogP contribution is 2.11. The lowest BCUT2D eigenvalue weighted by Gasteiger charge is -2.17. The van der Waals surface area contributed by atoms with Gasteiger partial charge in [-0.1, -0.05) is 43.3 Å². The van der Waals surface area contributed by atoms with Gasteiger partial charge < -0.3 is 5.32 Å². The molecule has 0 fully saturated rings. The summed E-state index contributed by atoms with van der Waals surface area (Å²) < 4.78 is 13.2. The third kappa shape index (κ3) is 5.29. The van der Waals surface area contributed by atoms with Crippen LogP contribution in [0.25, 0.3) is 0 Å². The van der Waals surface area contributed by atoms with Crippen molar-refractivity contribution in [2.75, 3.05) is 13.6 Å². The average Bonchev–Trinajstić information content (AvgIpc) is 2.45. The highest BCUT2D eigenvalue weighted by Gasteiger charge is 2.03. The molecule has 2 aromatic rings. The van der Waals surface area contributed by atoms with E-state index in [9.17, 15) is 4.39 Å². The average molecular weight is 286 g/mol. The fourth-order valence-electron chi connectivity index (χ4n) is 2.42. The Balaban J connectivity index is 1.94. The Morgan fingerprint density at radius 1 is 0.952 bits per heavy atom. The van der Waals surface area contributed by atoms with E-state index in [4.69, 9.17) is 0 Å². The fraction of sp³-hybridized carbons (Fsp3) is 0.333. The molecule has 0 aromatic heterocycles. The van der Waals surface area contributed by atoms with E-state index in [1.807, 2.05) is 6.07 Å². The molecule has 0 atom stereocenters. The molecule has 2 rings (SSSR count). The van der Waals surface area contributed by atoms with E-state index in [1.165, 1.54) is 17.2 Å². The lowest BCUT2D eigenvalue weighted by atomic mass is 10.1. The van der Waals surface area contributed by atoms with Crippen molar-refractivity contribution in [3.63, 3.8) is 0 Å². The molecule has 21 heavy (non-hydrogen) atoms. The predicted molar refractivity (Wildman–Crippen MR) is 85.4 cm³/mol. The molecule has 0 amide bonds. The van der Waals surface area contributed by atoms with Crippen molar-refractivity contribution >= 4 is 0 Å². The van der Waals surface area contributed by atoms with Crippen LogP contribution in [0.4, 0.5) is 4.39 Å². The minimum absolute atomic E-state index is 0.173. The first-order valence-corrected chi connectivity index (χ1v) is 7.39. The quantitative estimate of drug-likeness (QED) is 0.837. The van der Waals surface area contributed by atoms with Crippen molar-refractivity contribution < 1.29 is 4.39 Å². The third-order valence-electron chi connectivity index (χ3n) is 3.36. The molecule has 2 nitrogen and oxygen atoms in total. The Morgan fingerprint density at radius 3 is 2.24 bits per heavy atom. The van der Waals surface area contributed by atoms with Crippen molar-refractivity contribution in [2.24, 2.45) is 0 Å². The monoisotopic (exact) mass is 286 g/mol. The van der Waals surface area contributed by atoms with Crippen LogP contribution >= 0.6 is 0 Å². The maximum Gasteiger partial charge on any atom is 0.123 e. The molecule has 2 aromatic carbocycles. The molecule has 0 saturated carbocycles. The van der Waals surface area contributed by atoms with Gasteiger partial charge in [-0.05, 0) is 42.4 Å². The summed E-state index contributed by atoms with van der Waals surface area (Å²) in [6, 6.07) is 15.4. The van der Waals surface area contributed by atoms with Crippen LogP contribution in [0.1, 0.15) is 23.6 Å². The minimum Gasteiger partial charge on any atom is -0.313 e. The summed E-state index contributed by atoms with van der Waals surface area (Å²) in [6.45, 7) is 5.59. The van der Waals surface area contributed by atoms with Crippen LogP contribution in [0.2, 0.25) is 0 Å². The Kier molecular flexibility index (Phi) is 5.90. The maximum absolute atomic E-state index is 13.2. The molecular weight excluding hydrogens is 263 g/mol. The van der Waals surface area contributed by atoms with Gasteiger partial charge in [0.15, 0.2) is 0 Å². The Bertz CT molecular complexity index is 569. The van der Waals surface area contributed by atoms with Gasteiger partial charge in [-0.15, -0.1) is 0 Å². The summed E-state index contributed by atoms with van der Waals surface area (Å²) >= 11 is 0. The number of rotatable bonds is 7. The molecule has 0 radical (unpaired) electrons. The standard InChI is InChI=1S/C18H23FN2/c1-3-20-12-15-6-4-7-16(10-15)13-21(2)14-17-8-5-9-18(19)11-17/h4-11,20H,3,12-14H2,1-2H3. The second-order valence-electron chi connectivity index (χ2n) is 5.40. The van der Waals surface area contributed by atoms with E-state index in [-0.39, 0.29) is 5.82 Å². The van der Waals surface area contributed by atoms with Gasteiger partial charge in [0.1, 0.15) is 5.82 Å². The van der Waals surface area contributed by atoms with E-state index in [2.05, 4.69) is 48.5 Å². The molecule has 0 bridgehead atoms. The van der Waals surface area contributed by atoms with E-state index in [0.29, 0.717) is 0 Å². The number of hydrogen-bond acceptors (Lipinski definition) is 2. The van der Waals surface area contributed by atoms with Crippen LogP contribution in [0.15, 0.2) is 48.5 Å². The molecular formula is C18H23FN2. The van der Waals surface area contributed by atoms with E-state index < -0.39 is 0 Å². The number of nitrogens with zero attached hydrogens (tertiary/aromatic N) is 1. The number of halogens is 1. The van der Waals surface area contributed by atoms with Crippen LogP contribution < -0.4 is 5.32 Å². The zero-order valence-corrected chi connectivity index (χ0v) is 12.8. The first kappa shape index (κ1) is 15.7. The summed E-state index contributed by atoms with van der Waals surface area (Å²) in [5, 5.41) is 3.34. The van der Waals surface area contributed by atoms with E-state index in [0.717, 1.165) is 31.7 Å². The third-order valence-corrected chi connectivity index (χ3v) is 3.36. The van der Waals surface area contributed by atoms with Gasteiger partial charge in [-0.25, -0.2) is 4.39 Å². The first-order chi connectivity index (χ1) is 10.2. The Labute approximate surface area is 126 Å². The van der Waals surface area contributed by atoms with Crippen LogP contribution in [0.5, 0.6) is 0 Å². The summed E-state index contributed by atoms with van der Waals surface area (Å²) in [7, 11) is 2.06. The molecule has 0 unspecified atom stereocenters. The normalized spacial score (nSPS) is 11.0. The molecule has 0 spiro atoms. The number of nitrogens with one attached hydrogen (secondary N) is 1. The highest BCUT2D eigenvalue weighted by molar-refractivity contribution is 5.23. The summed E-state index contributed by atoms with van der Waals surface area (Å²) in [4.78, 5) is 2.20. The van der Waals surface area contributed by atoms with Crippen molar-refractivity contribution in [1.82, 2.24) is 10.2 Å². The van der Waals surface area contributed by atoms with Crippen LogP contribution in [-0.2, 0) is 19.6 Å². The van der Waals surface area contributed by atoms with Crippen LogP contribution in [0.3, 0.4) is 0 Å². The van der Waals surface area contributed by atoms with Gasteiger partial charge in [0.2, 0.25) is 0 Å². The molecule has 0 saturated heterocycles. The number of benzene rings is 2. The van der Waals surface area contributed by atoms with Crippen molar-refractivity contribution in [2.45, 2.75) is 26.6 Å². The zero-order chi connectivity index (χ0) is 15.1. The molecule has 0 aliphatic rings. The second-order valence-corrected chi connectivity index (χ2v) is 5.40. The molecule has 0 aliphatic carbocycles. The van der Waals surface area contributed by atoms with Gasteiger partial charge in [0.25, 0.3) is 0 Å². The fourth-order valence-corrected chi connectivity index (χ4v) is 2.42. The van der Waals surface area contributed by atoms with Crippen molar-refractivity contribution in [1.29, 1.82) is 0 Å². The molecule has 3 heteroatoms. The zero-order valence-electron chi connectivity index (χ0n) is 12.8. The maximum atomic E-state index is 13.2. The summed E-state index contributed by atoms with van der Waals surface area (Å²) in [5.41, 5.74) is 3.58. The summed E-state index contributed by atoms with van der Waals surface area (Å²) in [6.07, 6.45) is 0. The van der Waals surface area contributed by atoms with Gasteiger partial charge in [-0.2, -0.15) is 0 Å². The lowest BCUT2D eigenvalue weighted by Crippen LogP contribution is -2.18. The molecule has 1 N–H and O–H groups in total. The lowest BCUT2D eigenvalue weighted by molar-refractivity contribution is 0.318. The first-order valence-electron chi connectivity index (χ1n) is 7.39. The van der Waals surface area contributed by atoms with Crippen molar-refractivity contribution in [3.8, 4) is 0 Å². The van der Waals surface area contributed by atoms with Gasteiger partial charge in [0.05, 0.1) is 0 Å². The minimum atomic E-state index is -0.173. The van der Waals surface area contributed by atoms with Gasteiger partial charge in [0, 0.05) is 19.6 Å². The Morgan fingerprint density at radius 2 is 1.57 bits per heavy atom. The predicted octanol–water partition coefficient (Wildman–Crippen LogP) is 3.57. The molecule has 0 aliphatic heterocycles. The van der Waals surface area contributed by atoms with Crippen LogP contribution in [-0.4, -0.2) is 18.5 Å². The van der Waals surface area contributed by atoms with E-state index in [1.54, 1.807) is 12.1 Å². The smallest absolute Gasteiger partial charge is 0.123 e. The van der Waals surface area contributed by atoms with Crippen LogP contribution in [0, 0.1) is 5.82 Å². The second kappa shape index (κ2) is 7.91. The molecule has 0 heterocycles. The topological polar surface area (TPSA) is 15.3 Å². The number of hydrogen-bond donors (Lipinski definition) is 1. The molecule has 112 valence electrons.